The second-order valence-electron chi connectivity index (χ2n) is 15.3. The van der Waals surface area contributed by atoms with Crippen LogP contribution in [-0.4, -0.2) is 79.0 Å². The number of ether oxygens (including phenoxy) is 1. The number of β-amino-alcohol motifs (C(OH)–C–C–N with tert-alkyl or cyclic N) is 1. The average Bonchev–Trinajstić information content (AvgIpc) is 3.62. The molecule has 14 heteroatoms. The van der Waals surface area contributed by atoms with Crippen molar-refractivity contribution in [2.24, 2.45) is 0 Å². The molecule has 6 aromatic rings. The molecule has 1 aliphatic rings. The number of rotatable bonds is 12. The van der Waals surface area contributed by atoms with Gasteiger partial charge >= 0.3 is 6.03 Å². The standard InChI is InChI=1S/C43H48N10O4/c1-28-11-13-30(14-12-28)53-40(23-37(51-53)43(2,3)4)50-42(56)48-34-15-16-36(33-10-6-5-9-32(33)34)57-27-29-17-18-44-38(22-29)49-39-25-46-35(24-47-39)41(55)45-19-21-52-20-7-8-31(54)26-52/h5-6,9-18,22-25,31,54H,7-8,19-21,26-27H2,1-4H3,(H,45,55)(H,44,47,49)(H2,48,50,56)/t31-/m1/s1. The fraction of sp³-hybridized carbons (Fsp3) is 0.302. The summed E-state index contributed by atoms with van der Waals surface area (Å²) in [6.45, 7) is 11.2. The molecule has 0 aliphatic carbocycles. The molecule has 57 heavy (non-hydrogen) atoms. The molecular weight excluding hydrogens is 721 g/mol. The van der Waals surface area contributed by atoms with E-state index in [2.05, 4.69) is 61.9 Å². The minimum absolute atomic E-state index is 0.212. The van der Waals surface area contributed by atoms with Gasteiger partial charge in [-0.2, -0.15) is 5.10 Å². The zero-order valence-electron chi connectivity index (χ0n) is 32.6. The largest absolute Gasteiger partial charge is 0.488 e. The van der Waals surface area contributed by atoms with Gasteiger partial charge in [-0.1, -0.05) is 62.7 Å². The van der Waals surface area contributed by atoms with E-state index in [4.69, 9.17) is 9.84 Å². The summed E-state index contributed by atoms with van der Waals surface area (Å²) in [5, 5.41) is 28.4. The van der Waals surface area contributed by atoms with E-state index in [9.17, 15) is 14.7 Å². The molecule has 0 saturated carbocycles. The molecule has 14 nitrogen and oxygen atoms in total. The van der Waals surface area contributed by atoms with E-state index in [1.54, 1.807) is 10.9 Å². The number of amides is 3. The number of piperidine rings is 1. The third-order valence-corrected chi connectivity index (χ3v) is 9.68. The molecule has 1 atom stereocenters. The van der Waals surface area contributed by atoms with Gasteiger partial charge < -0.3 is 25.8 Å². The number of urea groups is 1. The van der Waals surface area contributed by atoms with Crippen LogP contribution in [0.25, 0.3) is 16.5 Å². The van der Waals surface area contributed by atoms with Gasteiger partial charge in [-0.3, -0.25) is 15.0 Å². The second kappa shape index (κ2) is 17.2. The average molecular weight is 769 g/mol. The molecule has 3 aromatic heterocycles. The van der Waals surface area contributed by atoms with E-state index in [1.807, 2.05) is 85.8 Å². The Balaban J connectivity index is 0.966. The van der Waals surface area contributed by atoms with Crippen molar-refractivity contribution in [1.29, 1.82) is 0 Å². The van der Waals surface area contributed by atoms with Crippen LogP contribution in [0.15, 0.2) is 97.5 Å². The summed E-state index contributed by atoms with van der Waals surface area (Å²) in [6, 6.07) is 24.7. The Morgan fingerprint density at radius 1 is 0.912 bits per heavy atom. The molecule has 3 amide bonds. The van der Waals surface area contributed by atoms with E-state index in [0.29, 0.717) is 48.5 Å². The lowest BCUT2D eigenvalue weighted by Crippen LogP contribution is -2.42. The predicted octanol–water partition coefficient (Wildman–Crippen LogP) is 6.97. The molecular formula is C43H48N10O4. The first-order chi connectivity index (χ1) is 27.5. The number of aliphatic hydroxyl groups is 1. The highest BCUT2D eigenvalue weighted by Gasteiger charge is 2.22. The van der Waals surface area contributed by atoms with Gasteiger partial charge in [0.25, 0.3) is 5.91 Å². The number of anilines is 4. The summed E-state index contributed by atoms with van der Waals surface area (Å²) in [6.07, 6.45) is 6.07. The number of pyridine rings is 1. The lowest BCUT2D eigenvalue weighted by atomic mass is 9.92. The normalized spacial score (nSPS) is 14.6. The first-order valence-corrected chi connectivity index (χ1v) is 19.1. The van der Waals surface area contributed by atoms with Crippen molar-refractivity contribution in [3.8, 4) is 11.4 Å². The molecule has 0 radical (unpaired) electrons. The van der Waals surface area contributed by atoms with Crippen molar-refractivity contribution in [3.63, 3.8) is 0 Å². The molecule has 0 unspecified atom stereocenters. The molecule has 3 aromatic carbocycles. The number of fused-ring (bicyclic) bond motifs is 1. The number of carbonyl (C=O) groups is 2. The van der Waals surface area contributed by atoms with Gasteiger partial charge in [-0.25, -0.2) is 24.4 Å². The van der Waals surface area contributed by atoms with E-state index >= 15 is 0 Å². The molecule has 294 valence electrons. The van der Waals surface area contributed by atoms with Crippen LogP contribution in [0.3, 0.4) is 0 Å². The highest BCUT2D eigenvalue weighted by atomic mass is 16.5. The number of nitrogens with one attached hydrogen (secondary N) is 4. The van der Waals surface area contributed by atoms with Crippen LogP contribution < -0.4 is 26.0 Å². The van der Waals surface area contributed by atoms with Crippen LogP contribution in [0.5, 0.6) is 5.75 Å². The number of hydrogen-bond donors (Lipinski definition) is 5. The summed E-state index contributed by atoms with van der Waals surface area (Å²) in [4.78, 5) is 41.3. The summed E-state index contributed by atoms with van der Waals surface area (Å²) < 4.78 is 8.06. The van der Waals surface area contributed by atoms with Crippen LogP contribution in [0, 0.1) is 6.92 Å². The van der Waals surface area contributed by atoms with Crippen LogP contribution in [0.4, 0.5) is 27.9 Å². The van der Waals surface area contributed by atoms with Gasteiger partial charge in [-0.15, -0.1) is 0 Å². The van der Waals surface area contributed by atoms with Crippen LogP contribution in [-0.2, 0) is 12.0 Å². The maximum Gasteiger partial charge on any atom is 0.324 e. The number of benzene rings is 3. The van der Waals surface area contributed by atoms with E-state index < -0.39 is 6.03 Å². The van der Waals surface area contributed by atoms with Crippen molar-refractivity contribution in [3.05, 3.63) is 120 Å². The lowest BCUT2D eigenvalue weighted by Gasteiger charge is -2.29. The van der Waals surface area contributed by atoms with Crippen LogP contribution >= 0.6 is 0 Å². The minimum Gasteiger partial charge on any atom is -0.488 e. The van der Waals surface area contributed by atoms with Gasteiger partial charge in [0.1, 0.15) is 35.5 Å². The third kappa shape index (κ3) is 9.90. The van der Waals surface area contributed by atoms with Gasteiger partial charge in [0, 0.05) is 48.1 Å². The van der Waals surface area contributed by atoms with Crippen molar-refractivity contribution < 1.29 is 19.4 Å². The Morgan fingerprint density at radius 3 is 2.47 bits per heavy atom. The maximum atomic E-state index is 13.5. The van der Waals surface area contributed by atoms with Gasteiger partial charge in [0.05, 0.1) is 35.6 Å². The van der Waals surface area contributed by atoms with E-state index in [-0.39, 0.29) is 29.7 Å². The van der Waals surface area contributed by atoms with Gasteiger partial charge in [-0.05, 0) is 68.3 Å². The Hall–Kier alpha value is -6.38. The number of aromatic nitrogens is 5. The van der Waals surface area contributed by atoms with Crippen molar-refractivity contribution in [1.82, 2.24) is 34.9 Å². The number of aryl methyl sites for hydroxylation is 1. The van der Waals surface area contributed by atoms with Crippen molar-refractivity contribution in [2.45, 2.75) is 58.7 Å². The quantitative estimate of drug-likeness (QED) is 0.0876. The lowest BCUT2D eigenvalue weighted by molar-refractivity contribution is 0.0702. The van der Waals surface area contributed by atoms with Crippen molar-refractivity contribution >= 4 is 45.9 Å². The first-order valence-electron chi connectivity index (χ1n) is 19.1. The fourth-order valence-electron chi connectivity index (χ4n) is 6.58. The molecule has 0 bridgehead atoms. The Morgan fingerprint density at radius 2 is 1.72 bits per heavy atom. The zero-order chi connectivity index (χ0) is 39.9. The molecule has 5 N–H and O–H groups in total. The number of likely N-dealkylation sites (tertiary alicyclic amines) is 1. The maximum absolute atomic E-state index is 13.5. The summed E-state index contributed by atoms with van der Waals surface area (Å²) in [5.41, 5.74) is 4.33. The minimum atomic E-state index is -0.396. The molecule has 4 heterocycles. The predicted molar refractivity (Wildman–Crippen MR) is 221 cm³/mol. The van der Waals surface area contributed by atoms with Gasteiger partial charge in [0.15, 0.2) is 0 Å². The molecule has 1 saturated heterocycles. The third-order valence-electron chi connectivity index (χ3n) is 9.68. The number of nitrogens with zero attached hydrogens (tertiary/aromatic N) is 6. The van der Waals surface area contributed by atoms with Crippen LogP contribution in [0.2, 0.25) is 0 Å². The molecule has 7 rings (SSSR count). The Bertz CT molecular complexity index is 2340. The van der Waals surface area contributed by atoms with E-state index in [1.165, 1.54) is 12.4 Å². The van der Waals surface area contributed by atoms with Crippen LogP contribution in [0.1, 0.15) is 60.9 Å². The number of aliphatic hydroxyl groups excluding tert-OH is 1. The van der Waals surface area contributed by atoms with E-state index in [0.717, 1.165) is 52.7 Å². The highest BCUT2D eigenvalue weighted by Crippen LogP contribution is 2.33. The number of carbonyl (C=O) groups excluding carboxylic acids is 2. The molecule has 1 aliphatic heterocycles. The summed E-state index contributed by atoms with van der Waals surface area (Å²) in [5.74, 6) is 1.89. The van der Waals surface area contributed by atoms with Crippen molar-refractivity contribution in [2.75, 3.05) is 42.1 Å². The zero-order valence-corrected chi connectivity index (χ0v) is 32.6. The molecule has 0 spiro atoms. The topological polar surface area (TPSA) is 171 Å². The SMILES string of the molecule is Cc1ccc(-n2nc(C(C)(C)C)cc2NC(=O)Nc2ccc(OCc3ccnc(Nc4cnc(C(=O)NCCN5CCC[C@@H](O)C5)cn4)c3)c3ccccc23)cc1. The highest BCUT2D eigenvalue weighted by molar-refractivity contribution is 6.07. The van der Waals surface area contributed by atoms with Gasteiger partial charge in [0.2, 0.25) is 0 Å². The Kier molecular flexibility index (Phi) is 11.7. The first kappa shape index (κ1) is 38.9. The monoisotopic (exact) mass is 768 g/mol. The fourth-order valence-corrected chi connectivity index (χ4v) is 6.58. The smallest absolute Gasteiger partial charge is 0.324 e. The second-order valence-corrected chi connectivity index (χ2v) is 15.3. The summed E-state index contributed by atoms with van der Waals surface area (Å²) in [7, 11) is 0. The molecule has 1 fully saturated rings. The summed E-state index contributed by atoms with van der Waals surface area (Å²) >= 11 is 0. The Labute approximate surface area is 331 Å². The number of hydrogen-bond acceptors (Lipinski definition) is 10.